The lowest BCUT2D eigenvalue weighted by Crippen LogP contribution is -2.03. The summed E-state index contributed by atoms with van der Waals surface area (Å²) in [4.78, 5) is 43.2. The number of aryl methyl sites for hydroxylation is 2. The van der Waals surface area contributed by atoms with E-state index in [0.717, 1.165) is 44.2 Å². The Bertz CT molecular complexity index is 2020. The highest BCUT2D eigenvalue weighted by molar-refractivity contribution is 6.18. The van der Waals surface area contributed by atoms with Gasteiger partial charge in [-0.05, 0) is 86.0 Å². The van der Waals surface area contributed by atoms with Crippen LogP contribution in [-0.2, 0) is 9.63 Å². The first-order valence-electron chi connectivity index (χ1n) is 14.3. The quantitative estimate of drug-likeness (QED) is 0.0829. The molecule has 0 N–H and O–H groups in total. The second kappa shape index (κ2) is 11.6. The number of rotatable bonds is 7. The average molecular weight is 579 g/mol. The number of nitrogens with zero attached hydrogens (tertiary/aromatic N) is 2. The third-order valence-electron chi connectivity index (χ3n) is 7.92. The summed E-state index contributed by atoms with van der Waals surface area (Å²) in [5, 5.41) is 5.64. The zero-order valence-corrected chi connectivity index (χ0v) is 24.9. The number of carbonyl (C=O) groups is 3. The van der Waals surface area contributed by atoms with E-state index in [1.165, 1.54) is 6.92 Å². The number of hydrogen-bond donors (Lipinski definition) is 0. The monoisotopic (exact) mass is 578 g/mol. The maximum absolute atomic E-state index is 13.6. The molecule has 0 spiro atoms. The SMILES string of the molecule is CC(=O)ON=C(C)c1ccc(-n2c3ccc(C(=O)c4ccccc4C)cc3c3cc(C(=O)c4ccccc4C)ccc32)cc1. The molecule has 0 atom stereocenters. The lowest BCUT2D eigenvalue weighted by atomic mass is 9.96. The van der Waals surface area contributed by atoms with E-state index in [2.05, 4.69) is 9.72 Å². The minimum absolute atomic E-state index is 0.0510. The fourth-order valence-corrected chi connectivity index (χ4v) is 5.59. The normalized spacial score (nSPS) is 11.6. The zero-order valence-electron chi connectivity index (χ0n) is 24.9. The van der Waals surface area contributed by atoms with Crippen molar-refractivity contribution >= 4 is 45.1 Å². The van der Waals surface area contributed by atoms with Crippen LogP contribution in [0, 0.1) is 13.8 Å². The molecule has 0 saturated heterocycles. The van der Waals surface area contributed by atoms with Crippen LogP contribution in [0.5, 0.6) is 0 Å². The lowest BCUT2D eigenvalue weighted by molar-refractivity contribution is -0.140. The van der Waals surface area contributed by atoms with Crippen LogP contribution >= 0.6 is 0 Å². The van der Waals surface area contributed by atoms with Gasteiger partial charge in [-0.3, -0.25) is 9.59 Å². The summed E-state index contributed by atoms with van der Waals surface area (Å²) in [6, 6.07) is 34.4. The Labute approximate surface area is 255 Å². The van der Waals surface area contributed by atoms with Crippen molar-refractivity contribution in [2.45, 2.75) is 27.7 Å². The van der Waals surface area contributed by atoms with Crippen molar-refractivity contribution in [1.29, 1.82) is 0 Å². The van der Waals surface area contributed by atoms with E-state index in [9.17, 15) is 14.4 Å². The molecule has 6 nitrogen and oxygen atoms in total. The molecule has 44 heavy (non-hydrogen) atoms. The van der Waals surface area contributed by atoms with E-state index in [1.54, 1.807) is 6.92 Å². The molecule has 5 aromatic carbocycles. The second-order valence-electron chi connectivity index (χ2n) is 10.9. The molecular weight excluding hydrogens is 548 g/mol. The molecule has 1 aromatic heterocycles. The van der Waals surface area contributed by atoms with Crippen molar-refractivity contribution in [3.8, 4) is 5.69 Å². The van der Waals surface area contributed by atoms with Crippen molar-refractivity contribution < 1.29 is 19.2 Å². The first kappa shape index (κ1) is 28.5. The summed E-state index contributed by atoms with van der Waals surface area (Å²) < 4.78 is 2.12. The minimum atomic E-state index is -0.480. The molecule has 216 valence electrons. The summed E-state index contributed by atoms with van der Waals surface area (Å²) >= 11 is 0. The summed E-state index contributed by atoms with van der Waals surface area (Å²) in [5.74, 6) is -0.582. The van der Waals surface area contributed by atoms with Gasteiger partial charge < -0.3 is 9.40 Å². The first-order valence-corrected chi connectivity index (χ1v) is 14.3. The fourth-order valence-electron chi connectivity index (χ4n) is 5.59. The lowest BCUT2D eigenvalue weighted by Gasteiger charge is -2.10. The molecule has 0 radical (unpaired) electrons. The Morgan fingerprint density at radius 2 is 1.05 bits per heavy atom. The maximum Gasteiger partial charge on any atom is 0.331 e. The largest absolute Gasteiger partial charge is 0.331 e. The Kier molecular flexibility index (Phi) is 7.50. The van der Waals surface area contributed by atoms with Gasteiger partial charge in [-0.25, -0.2) is 4.79 Å². The standard InChI is InChI=1S/C38H30N2O4/c1-23-9-5-7-11-31(23)37(42)28-15-19-35-33(21-28)34-22-29(38(43)32-12-8-6-10-24(32)2)16-20-36(34)40(35)30-17-13-27(14-18-30)25(3)39-44-26(4)41/h5-22H,1-4H3. The van der Waals surface area contributed by atoms with Crippen LogP contribution in [0.3, 0.4) is 0 Å². The van der Waals surface area contributed by atoms with E-state index in [4.69, 9.17) is 4.84 Å². The molecule has 0 bridgehead atoms. The molecule has 6 aromatic rings. The molecule has 0 aliphatic heterocycles. The molecule has 0 amide bonds. The van der Waals surface area contributed by atoms with Crippen LogP contribution in [-0.4, -0.2) is 27.8 Å². The van der Waals surface area contributed by atoms with Gasteiger partial charge >= 0.3 is 5.97 Å². The second-order valence-corrected chi connectivity index (χ2v) is 10.9. The van der Waals surface area contributed by atoms with Gasteiger partial charge in [0, 0.05) is 45.6 Å². The van der Waals surface area contributed by atoms with Gasteiger partial charge in [-0.2, -0.15) is 0 Å². The smallest absolute Gasteiger partial charge is 0.318 e. The van der Waals surface area contributed by atoms with Crippen molar-refractivity contribution in [2.75, 3.05) is 0 Å². The molecule has 0 aliphatic carbocycles. The van der Waals surface area contributed by atoms with Crippen molar-refractivity contribution in [1.82, 2.24) is 4.57 Å². The van der Waals surface area contributed by atoms with Gasteiger partial charge in [0.05, 0.1) is 16.7 Å². The first-order chi connectivity index (χ1) is 21.2. The van der Waals surface area contributed by atoms with Crippen LogP contribution in [0.15, 0.2) is 114 Å². The molecule has 6 rings (SSSR count). The minimum Gasteiger partial charge on any atom is -0.318 e. The number of carbonyl (C=O) groups excluding carboxylic acids is 3. The third kappa shape index (κ3) is 5.22. The van der Waals surface area contributed by atoms with Crippen LogP contribution in [0.1, 0.15) is 62.4 Å². The number of hydrogen-bond acceptors (Lipinski definition) is 5. The van der Waals surface area contributed by atoms with Crippen molar-refractivity contribution in [3.63, 3.8) is 0 Å². The van der Waals surface area contributed by atoms with Crippen LogP contribution < -0.4 is 0 Å². The summed E-state index contributed by atoms with van der Waals surface area (Å²) in [6.07, 6.45) is 0. The Morgan fingerprint density at radius 3 is 1.50 bits per heavy atom. The van der Waals surface area contributed by atoms with Gasteiger partial charge in [0.15, 0.2) is 11.6 Å². The predicted octanol–water partition coefficient (Wildman–Crippen LogP) is 8.15. The summed E-state index contributed by atoms with van der Waals surface area (Å²) in [5.41, 5.74) is 8.39. The van der Waals surface area contributed by atoms with Crippen LogP contribution in [0.4, 0.5) is 0 Å². The Morgan fingerprint density at radius 1 is 0.591 bits per heavy atom. The number of benzene rings is 5. The zero-order chi connectivity index (χ0) is 31.0. The summed E-state index contributed by atoms with van der Waals surface area (Å²) in [6.45, 7) is 6.95. The molecule has 0 saturated carbocycles. The van der Waals surface area contributed by atoms with E-state index < -0.39 is 5.97 Å². The fraction of sp³-hybridized carbons (Fsp3) is 0.105. The van der Waals surface area contributed by atoms with Crippen molar-refractivity contribution in [2.24, 2.45) is 5.16 Å². The van der Waals surface area contributed by atoms with Gasteiger partial charge in [0.2, 0.25) is 0 Å². The van der Waals surface area contributed by atoms with Gasteiger partial charge in [-0.1, -0.05) is 65.8 Å². The molecule has 6 heteroatoms. The Balaban J connectivity index is 1.53. The highest BCUT2D eigenvalue weighted by atomic mass is 16.7. The topological polar surface area (TPSA) is 77.7 Å². The number of oxime groups is 1. The molecule has 0 aliphatic rings. The molecule has 0 fully saturated rings. The highest BCUT2D eigenvalue weighted by Crippen LogP contribution is 2.34. The number of aromatic nitrogens is 1. The van der Waals surface area contributed by atoms with E-state index >= 15 is 0 Å². The van der Waals surface area contributed by atoms with Crippen LogP contribution in [0.25, 0.3) is 27.5 Å². The van der Waals surface area contributed by atoms with E-state index in [1.807, 2.05) is 123 Å². The van der Waals surface area contributed by atoms with Gasteiger partial charge in [-0.15, -0.1) is 0 Å². The van der Waals surface area contributed by atoms with E-state index in [0.29, 0.717) is 28.0 Å². The van der Waals surface area contributed by atoms with E-state index in [-0.39, 0.29) is 11.6 Å². The van der Waals surface area contributed by atoms with Gasteiger partial charge in [0.1, 0.15) is 0 Å². The average Bonchev–Trinajstić information content (AvgIpc) is 3.36. The highest BCUT2D eigenvalue weighted by Gasteiger charge is 2.19. The van der Waals surface area contributed by atoms with Crippen LogP contribution in [0.2, 0.25) is 0 Å². The molecular formula is C38H30N2O4. The van der Waals surface area contributed by atoms with Crippen molar-refractivity contribution in [3.05, 3.63) is 148 Å². The molecule has 0 unspecified atom stereocenters. The Hall–Kier alpha value is -5.62. The molecule has 1 heterocycles. The van der Waals surface area contributed by atoms with Gasteiger partial charge in [0.25, 0.3) is 0 Å². The maximum atomic E-state index is 13.6. The number of fused-ring (bicyclic) bond motifs is 3. The number of ketones is 2. The third-order valence-corrected chi connectivity index (χ3v) is 7.92. The summed E-state index contributed by atoms with van der Waals surface area (Å²) in [7, 11) is 0. The predicted molar refractivity (Wildman–Crippen MR) is 174 cm³/mol.